The molecule has 0 saturated heterocycles. The molecule has 0 aliphatic carbocycles. The van der Waals surface area contributed by atoms with Crippen LogP contribution in [0.3, 0.4) is 0 Å². The lowest BCUT2D eigenvalue weighted by molar-refractivity contribution is 0.414. The molecular formula is C28H26ClN3O2S. The third-order valence-corrected chi connectivity index (χ3v) is 7.76. The number of aromatic nitrogens is 2. The Bertz CT molecular complexity index is 1500. The number of hydrogen-bond donors (Lipinski definition) is 1. The molecular weight excluding hydrogens is 478 g/mol. The molecule has 1 unspecified atom stereocenters. The number of thiazole rings is 1. The third kappa shape index (κ3) is 3.93. The lowest BCUT2D eigenvalue weighted by Crippen LogP contribution is -2.36. The minimum Gasteiger partial charge on any atom is -0.497 e. The van der Waals surface area contributed by atoms with E-state index >= 15 is 0 Å². The normalized spacial score (nSPS) is 15.3. The van der Waals surface area contributed by atoms with Gasteiger partial charge in [-0.3, -0.25) is 0 Å². The summed E-state index contributed by atoms with van der Waals surface area (Å²) in [5.41, 5.74) is 6.86. The number of rotatable bonds is 5. The topological polar surface area (TPSA) is 50.4 Å². The molecule has 1 aliphatic rings. The van der Waals surface area contributed by atoms with Crippen molar-refractivity contribution in [2.24, 2.45) is 0 Å². The number of hydrogen-bond acceptors (Lipinski definition) is 5. The smallest absolute Gasteiger partial charge is 0.186 e. The van der Waals surface area contributed by atoms with Crippen LogP contribution in [-0.4, -0.2) is 30.7 Å². The van der Waals surface area contributed by atoms with E-state index in [-0.39, 0.29) is 7.47 Å². The molecule has 0 saturated carbocycles. The maximum absolute atomic E-state index is 6.36. The second-order valence-electron chi connectivity index (χ2n) is 8.57. The van der Waals surface area contributed by atoms with Gasteiger partial charge in [-0.2, -0.15) is 0 Å². The number of H-pyrrole nitrogens is 1. The van der Waals surface area contributed by atoms with Gasteiger partial charge in [-0.1, -0.05) is 23.7 Å². The van der Waals surface area contributed by atoms with Gasteiger partial charge in [0.2, 0.25) is 0 Å². The summed E-state index contributed by atoms with van der Waals surface area (Å²) in [4.78, 5) is 11.2. The highest BCUT2D eigenvalue weighted by Gasteiger charge is 2.33. The van der Waals surface area contributed by atoms with Gasteiger partial charge in [-0.25, -0.2) is 4.98 Å². The highest BCUT2D eigenvalue weighted by atomic mass is 35.5. The van der Waals surface area contributed by atoms with Gasteiger partial charge in [0.05, 0.1) is 26.0 Å². The maximum Gasteiger partial charge on any atom is 0.186 e. The molecule has 6 rings (SSSR count). The Kier molecular flexibility index (Phi) is 5.63. The van der Waals surface area contributed by atoms with Crippen molar-refractivity contribution in [3.63, 3.8) is 0 Å². The summed E-state index contributed by atoms with van der Waals surface area (Å²) < 4.78 is 10.7. The molecule has 1 atom stereocenters. The van der Waals surface area contributed by atoms with Gasteiger partial charge in [0.1, 0.15) is 11.5 Å². The minimum atomic E-state index is 0. The molecule has 5 aromatic rings. The Morgan fingerprint density at radius 3 is 2.43 bits per heavy atom. The van der Waals surface area contributed by atoms with Gasteiger partial charge in [-0.05, 0) is 72.1 Å². The van der Waals surface area contributed by atoms with Crippen molar-refractivity contribution in [1.82, 2.24) is 9.97 Å². The molecule has 1 aliphatic heterocycles. The number of aromatic amines is 1. The molecule has 0 radical (unpaired) electrons. The largest absolute Gasteiger partial charge is 0.497 e. The third-order valence-electron chi connectivity index (χ3n) is 6.64. The van der Waals surface area contributed by atoms with Crippen molar-refractivity contribution in [2.45, 2.75) is 12.5 Å². The van der Waals surface area contributed by atoms with E-state index in [9.17, 15) is 0 Å². The monoisotopic (exact) mass is 503 g/mol. The summed E-state index contributed by atoms with van der Waals surface area (Å²) in [6, 6.07) is 22.4. The van der Waals surface area contributed by atoms with E-state index < -0.39 is 0 Å². The van der Waals surface area contributed by atoms with Crippen LogP contribution in [0, 0.1) is 0 Å². The number of nitrogens with zero attached hydrogens (tertiary/aromatic N) is 2. The summed E-state index contributed by atoms with van der Waals surface area (Å²) in [5.74, 6) is 1.68. The molecule has 7 heteroatoms. The van der Waals surface area contributed by atoms with Crippen LogP contribution < -0.4 is 14.4 Å². The highest BCUT2D eigenvalue weighted by Crippen LogP contribution is 2.43. The fourth-order valence-electron chi connectivity index (χ4n) is 4.89. The zero-order chi connectivity index (χ0) is 23.9. The highest BCUT2D eigenvalue weighted by molar-refractivity contribution is 7.14. The van der Waals surface area contributed by atoms with Crippen LogP contribution in [0.15, 0.2) is 72.1 Å². The van der Waals surface area contributed by atoms with Crippen LogP contribution in [0.25, 0.3) is 22.2 Å². The molecule has 0 fully saturated rings. The quantitative estimate of drug-likeness (QED) is 0.272. The Morgan fingerprint density at radius 2 is 1.71 bits per heavy atom. The number of fused-ring (bicyclic) bond motifs is 3. The van der Waals surface area contributed by atoms with Crippen molar-refractivity contribution in [3.8, 4) is 22.8 Å². The van der Waals surface area contributed by atoms with Gasteiger partial charge in [0.15, 0.2) is 5.13 Å². The van der Waals surface area contributed by atoms with Crippen molar-refractivity contribution in [3.05, 3.63) is 94.0 Å². The first-order valence-electron chi connectivity index (χ1n) is 11.4. The van der Waals surface area contributed by atoms with E-state index in [0.29, 0.717) is 0 Å². The molecule has 35 heavy (non-hydrogen) atoms. The number of benzene rings is 3. The van der Waals surface area contributed by atoms with Gasteiger partial charge < -0.3 is 19.4 Å². The molecule has 1 N–H and O–H groups in total. The van der Waals surface area contributed by atoms with E-state index in [1.165, 1.54) is 22.2 Å². The van der Waals surface area contributed by atoms with Crippen LogP contribution in [0.1, 0.15) is 24.3 Å². The van der Waals surface area contributed by atoms with Crippen LogP contribution in [-0.2, 0) is 6.42 Å². The first-order valence-corrected chi connectivity index (χ1v) is 12.7. The van der Waals surface area contributed by atoms with Crippen molar-refractivity contribution in [1.29, 1.82) is 0 Å². The van der Waals surface area contributed by atoms with E-state index in [4.69, 9.17) is 26.1 Å². The van der Waals surface area contributed by atoms with Gasteiger partial charge >= 0.3 is 0 Å². The zero-order valence-corrected chi connectivity index (χ0v) is 21.0. The second-order valence-corrected chi connectivity index (χ2v) is 9.84. The zero-order valence-electron chi connectivity index (χ0n) is 19.4. The number of ether oxygens (including phenoxy) is 2. The summed E-state index contributed by atoms with van der Waals surface area (Å²) in [6.07, 6.45) is 0.916. The van der Waals surface area contributed by atoms with Crippen molar-refractivity contribution >= 4 is 39.0 Å². The van der Waals surface area contributed by atoms with Gasteiger partial charge in [-0.15, -0.1) is 11.3 Å². The van der Waals surface area contributed by atoms with E-state index in [0.717, 1.165) is 51.4 Å². The van der Waals surface area contributed by atoms with Crippen molar-refractivity contribution < 1.29 is 10.9 Å². The van der Waals surface area contributed by atoms with E-state index in [1.807, 2.05) is 42.5 Å². The number of nitrogens with one attached hydrogen (secondary N) is 1. The van der Waals surface area contributed by atoms with E-state index in [2.05, 4.69) is 39.5 Å². The van der Waals surface area contributed by atoms with Crippen LogP contribution in [0.4, 0.5) is 5.13 Å². The fraction of sp³-hybridized carbons (Fsp3) is 0.179. The molecule has 2 aromatic heterocycles. The van der Waals surface area contributed by atoms with Gasteiger partial charge in [0.25, 0.3) is 0 Å². The SMILES string of the molecule is COc1ccc(-c2csc(N3CCc4c([nH]c5ccc(Cl)cc45)C3c3ccc(OC)cc3)n2)cc1.[HH]. The Balaban J connectivity index is 0.00000267. The summed E-state index contributed by atoms with van der Waals surface area (Å²) in [6.45, 7) is 0.860. The average Bonchev–Trinajstić information content (AvgIpc) is 3.53. The lowest BCUT2D eigenvalue weighted by Gasteiger charge is -2.36. The average molecular weight is 504 g/mol. The summed E-state index contributed by atoms with van der Waals surface area (Å²) in [5, 5.41) is 5.08. The van der Waals surface area contributed by atoms with Crippen LogP contribution in [0.2, 0.25) is 5.02 Å². The van der Waals surface area contributed by atoms with Crippen LogP contribution in [0.5, 0.6) is 11.5 Å². The molecule has 3 heterocycles. The molecule has 0 bridgehead atoms. The van der Waals surface area contributed by atoms with Gasteiger partial charge in [0, 0.05) is 40.5 Å². The summed E-state index contributed by atoms with van der Waals surface area (Å²) in [7, 11) is 3.37. The minimum absolute atomic E-state index is 0. The Hall–Kier alpha value is -3.48. The molecule has 0 amide bonds. The molecule has 5 nitrogen and oxygen atoms in total. The Labute approximate surface area is 214 Å². The molecule has 0 spiro atoms. The molecule has 3 aromatic carbocycles. The van der Waals surface area contributed by atoms with Crippen LogP contribution >= 0.6 is 22.9 Å². The Morgan fingerprint density at radius 1 is 1.00 bits per heavy atom. The number of methoxy groups -OCH3 is 2. The number of anilines is 1. The predicted octanol–water partition coefficient (Wildman–Crippen LogP) is 7.36. The molecule has 178 valence electrons. The maximum atomic E-state index is 6.36. The first kappa shape index (κ1) is 22.0. The summed E-state index contributed by atoms with van der Waals surface area (Å²) >= 11 is 8.03. The first-order chi connectivity index (χ1) is 17.1. The standard InChI is InChI=1S/C28H24ClN3O2S.H2/c1-33-20-8-3-17(4-9-20)25-16-35-28(31-25)32-14-13-22-23-15-19(29)7-12-24(23)30-26(22)27(32)18-5-10-21(34-2)11-6-18;/h3-12,15-16,27,30H,13-14H2,1-2H3;1H. The second kappa shape index (κ2) is 8.95. The lowest BCUT2D eigenvalue weighted by atomic mass is 9.92. The number of halogens is 1. The van der Waals surface area contributed by atoms with Crippen molar-refractivity contribution in [2.75, 3.05) is 25.7 Å². The fourth-order valence-corrected chi connectivity index (χ4v) is 5.95. The van der Waals surface area contributed by atoms with E-state index in [1.54, 1.807) is 25.6 Å². The predicted molar refractivity (Wildman–Crippen MR) is 145 cm³/mol.